The number of hydrogen-bond donors (Lipinski definition) is 1. The third kappa shape index (κ3) is 7.67. The van der Waals surface area contributed by atoms with E-state index in [-0.39, 0.29) is 11.5 Å². The second-order valence-electron chi connectivity index (χ2n) is 5.99. The van der Waals surface area contributed by atoms with Crippen LogP contribution in [0.2, 0.25) is 0 Å². The minimum Gasteiger partial charge on any atom is -0.461 e. The van der Waals surface area contributed by atoms with Gasteiger partial charge in [0.2, 0.25) is 5.91 Å². The van der Waals surface area contributed by atoms with Crippen LogP contribution >= 0.6 is 0 Å². The normalized spacial score (nSPS) is 12.2. The number of carbonyl (C=O) groups excluding carboxylic acids is 2. The van der Waals surface area contributed by atoms with Crippen LogP contribution in [0.5, 0.6) is 0 Å². The molecule has 5 nitrogen and oxygen atoms in total. The quantitative estimate of drug-likeness (QED) is 0.412. The Morgan fingerprint density at radius 1 is 1.28 bits per heavy atom. The van der Waals surface area contributed by atoms with Gasteiger partial charge in [0.25, 0.3) is 0 Å². The lowest BCUT2D eigenvalue weighted by Gasteiger charge is -2.14. The molecule has 1 N–H and O–H groups in total. The highest BCUT2D eigenvalue weighted by atomic mass is 16.5. The number of esters is 1. The van der Waals surface area contributed by atoms with Crippen LogP contribution in [0.25, 0.3) is 6.08 Å². The standard InChI is InChI=1S/C20H26N2O3/c1-4-6-7-16(5-2)14-25-20(24)18(13-21)12-17-8-10-19(11-9-17)22-15(3)23/h8-12,16H,4-7,14H2,1-3H3,(H,22,23). The number of rotatable bonds is 9. The van der Waals surface area contributed by atoms with Gasteiger partial charge in [0, 0.05) is 12.6 Å². The van der Waals surface area contributed by atoms with Gasteiger partial charge in [-0.15, -0.1) is 0 Å². The Labute approximate surface area is 149 Å². The lowest BCUT2D eigenvalue weighted by atomic mass is 10.0. The Morgan fingerprint density at radius 3 is 2.48 bits per heavy atom. The number of hydrogen-bond acceptors (Lipinski definition) is 4. The van der Waals surface area contributed by atoms with E-state index in [0.29, 0.717) is 23.8 Å². The molecule has 25 heavy (non-hydrogen) atoms. The van der Waals surface area contributed by atoms with Crippen molar-refractivity contribution in [3.05, 3.63) is 35.4 Å². The highest BCUT2D eigenvalue weighted by Gasteiger charge is 2.14. The van der Waals surface area contributed by atoms with Gasteiger partial charge in [-0.25, -0.2) is 4.79 Å². The maximum absolute atomic E-state index is 12.1. The Morgan fingerprint density at radius 2 is 1.96 bits per heavy atom. The van der Waals surface area contributed by atoms with Crippen LogP contribution in [0.4, 0.5) is 5.69 Å². The molecule has 1 amide bonds. The number of anilines is 1. The van der Waals surface area contributed by atoms with E-state index in [1.807, 2.05) is 6.07 Å². The monoisotopic (exact) mass is 342 g/mol. The zero-order valence-electron chi connectivity index (χ0n) is 15.2. The van der Waals surface area contributed by atoms with Gasteiger partial charge in [0.15, 0.2) is 0 Å². The summed E-state index contributed by atoms with van der Waals surface area (Å²) in [4.78, 5) is 23.1. The Balaban J connectivity index is 2.70. The highest BCUT2D eigenvalue weighted by molar-refractivity contribution is 5.98. The molecule has 0 saturated carbocycles. The fourth-order valence-electron chi connectivity index (χ4n) is 2.34. The number of nitrogens with one attached hydrogen (secondary N) is 1. The molecule has 1 atom stereocenters. The molecule has 5 heteroatoms. The number of nitriles is 1. The van der Waals surface area contributed by atoms with Gasteiger partial charge in [-0.05, 0) is 36.1 Å². The molecule has 0 aromatic heterocycles. The predicted octanol–water partition coefficient (Wildman–Crippen LogP) is 4.31. The van der Waals surface area contributed by atoms with E-state index in [0.717, 1.165) is 25.7 Å². The SMILES string of the molecule is CCCCC(CC)COC(=O)C(C#N)=Cc1ccc(NC(C)=O)cc1. The van der Waals surface area contributed by atoms with Crippen LogP contribution in [0.15, 0.2) is 29.8 Å². The van der Waals surface area contributed by atoms with Crippen molar-refractivity contribution >= 4 is 23.6 Å². The zero-order chi connectivity index (χ0) is 18.7. The summed E-state index contributed by atoms with van der Waals surface area (Å²) in [6.07, 6.45) is 5.69. The number of ether oxygens (including phenoxy) is 1. The average Bonchev–Trinajstić information content (AvgIpc) is 2.60. The average molecular weight is 342 g/mol. The fourth-order valence-corrected chi connectivity index (χ4v) is 2.34. The number of nitrogens with zero attached hydrogens (tertiary/aromatic N) is 1. The Hall–Kier alpha value is -2.61. The van der Waals surface area contributed by atoms with Crippen molar-refractivity contribution in [2.45, 2.75) is 46.5 Å². The van der Waals surface area contributed by atoms with Gasteiger partial charge in [-0.3, -0.25) is 4.79 Å². The van der Waals surface area contributed by atoms with Crippen LogP contribution < -0.4 is 5.32 Å². The lowest BCUT2D eigenvalue weighted by Crippen LogP contribution is -2.15. The molecule has 0 heterocycles. The Kier molecular flexibility index (Phi) is 9.02. The predicted molar refractivity (Wildman–Crippen MR) is 98.6 cm³/mol. The molecule has 0 fully saturated rings. The lowest BCUT2D eigenvalue weighted by molar-refractivity contribution is -0.139. The van der Waals surface area contributed by atoms with Crippen LogP contribution in [0.1, 0.15) is 52.0 Å². The molecule has 0 saturated heterocycles. The molecule has 1 unspecified atom stereocenters. The number of amides is 1. The van der Waals surface area contributed by atoms with Gasteiger partial charge in [0.05, 0.1) is 6.61 Å². The summed E-state index contributed by atoms with van der Waals surface area (Å²) in [6, 6.07) is 8.78. The molecule has 1 aromatic carbocycles. The van der Waals surface area contributed by atoms with E-state index < -0.39 is 5.97 Å². The van der Waals surface area contributed by atoms with Crippen LogP contribution in [0, 0.1) is 17.2 Å². The molecule has 1 aromatic rings. The van der Waals surface area contributed by atoms with E-state index >= 15 is 0 Å². The molecule has 0 radical (unpaired) electrons. The van der Waals surface area contributed by atoms with Gasteiger partial charge in [-0.1, -0.05) is 45.2 Å². The summed E-state index contributed by atoms with van der Waals surface area (Å²) in [5, 5.41) is 11.9. The summed E-state index contributed by atoms with van der Waals surface area (Å²) in [6.45, 7) is 5.98. The molecule has 134 valence electrons. The van der Waals surface area contributed by atoms with Crippen LogP contribution in [-0.4, -0.2) is 18.5 Å². The van der Waals surface area contributed by atoms with E-state index in [9.17, 15) is 14.9 Å². The Bertz CT molecular complexity index is 642. The van der Waals surface area contributed by atoms with Crippen molar-refractivity contribution in [2.75, 3.05) is 11.9 Å². The second kappa shape index (κ2) is 11.0. The summed E-state index contributed by atoms with van der Waals surface area (Å²) in [5.74, 6) is -0.415. The van der Waals surface area contributed by atoms with E-state index in [4.69, 9.17) is 4.74 Å². The first kappa shape index (κ1) is 20.4. The largest absolute Gasteiger partial charge is 0.461 e. The molecule has 1 rings (SSSR count). The second-order valence-corrected chi connectivity index (χ2v) is 5.99. The van der Waals surface area contributed by atoms with Crippen molar-refractivity contribution < 1.29 is 14.3 Å². The molecule has 0 spiro atoms. The number of benzene rings is 1. The van der Waals surface area contributed by atoms with E-state index in [2.05, 4.69) is 19.2 Å². The third-order valence-electron chi connectivity index (χ3n) is 3.88. The van der Waals surface area contributed by atoms with Gasteiger partial charge >= 0.3 is 5.97 Å². The molecule has 0 aliphatic heterocycles. The van der Waals surface area contributed by atoms with Crippen LogP contribution in [-0.2, 0) is 14.3 Å². The van der Waals surface area contributed by atoms with Crippen LogP contribution in [0.3, 0.4) is 0 Å². The van der Waals surface area contributed by atoms with Crippen molar-refractivity contribution in [2.24, 2.45) is 5.92 Å². The first-order valence-corrected chi connectivity index (χ1v) is 8.66. The first-order valence-electron chi connectivity index (χ1n) is 8.66. The van der Waals surface area contributed by atoms with Crippen molar-refractivity contribution in [3.8, 4) is 6.07 Å². The number of unbranched alkanes of at least 4 members (excludes halogenated alkanes) is 1. The zero-order valence-corrected chi connectivity index (χ0v) is 15.2. The van der Waals surface area contributed by atoms with Crippen molar-refractivity contribution in [3.63, 3.8) is 0 Å². The fraction of sp³-hybridized carbons (Fsp3) is 0.450. The summed E-state index contributed by atoms with van der Waals surface area (Å²) in [7, 11) is 0. The van der Waals surface area contributed by atoms with Crippen molar-refractivity contribution in [1.29, 1.82) is 5.26 Å². The number of carbonyl (C=O) groups is 2. The van der Waals surface area contributed by atoms with Crippen molar-refractivity contribution in [1.82, 2.24) is 0 Å². The summed E-state index contributed by atoms with van der Waals surface area (Å²) < 4.78 is 5.31. The first-order chi connectivity index (χ1) is 12.0. The van der Waals surface area contributed by atoms with E-state index in [1.54, 1.807) is 24.3 Å². The molecule has 0 bridgehead atoms. The highest BCUT2D eigenvalue weighted by Crippen LogP contribution is 2.16. The topological polar surface area (TPSA) is 79.2 Å². The van der Waals surface area contributed by atoms with Gasteiger partial charge in [-0.2, -0.15) is 5.26 Å². The summed E-state index contributed by atoms with van der Waals surface area (Å²) in [5.41, 5.74) is 1.32. The maximum Gasteiger partial charge on any atom is 0.348 e. The maximum atomic E-state index is 12.1. The minimum atomic E-state index is -0.594. The van der Waals surface area contributed by atoms with E-state index in [1.165, 1.54) is 13.0 Å². The smallest absolute Gasteiger partial charge is 0.348 e. The van der Waals surface area contributed by atoms with Gasteiger partial charge < -0.3 is 10.1 Å². The summed E-state index contributed by atoms with van der Waals surface area (Å²) >= 11 is 0. The van der Waals surface area contributed by atoms with Gasteiger partial charge in [0.1, 0.15) is 11.6 Å². The minimum absolute atomic E-state index is 0.0300. The third-order valence-corrected chi connectivity index (χ3v) is 3.88. The molecular formula is C20H26N2O3. The molecule has 0 aliphatic rings. The molecule has 0 aliphatic carbocycles. The molecular weight excluding hydrogens is 316 g/mol.